The molecule has 0 spiro atoms. The van der Waals surface area contributed by atoms with Gasteiger partial charge in [-0.1, -0.05) is 201 Å². The quantitative estimate of drug-likeness (QED) is 0.0348. The van der Waals surface area contributed by atoms with E-state index in [0.29, 0.717) is 13.0 Å². The van der Waals surface area contributed by atoms with Crippen LogP contribution in [0.25, 0.3) is 0 Å². The van der Waals surface area contributed by atoms with Crippen molar-refractivity contribution >= 4 is 11.9 Å². The summed E-state index contributed by atoms with van der Waals surface area (Å²) in [5.74, 6) is -0.565. The monoisotopic (exact) mass is 831 g/mol. The highest BCUT2D eigenvalue weighted by Gasteiger charge is 2.17. The SMILES string of the molecule is CC/C=C\C/C=C\C/C=C\C/C=C\C/C=C\CC(=O)OC(COCCCCCCCC/C=C\CCCC)COC(=O)CCCCCCCCC/C=C\C/C=C\C/C=C\CC. The molecule has 0 fully saturated rings. The van der Waals surface area contributed by atoms with Crippen LogP contribution in [0.2, 0.25) is 0 Å². The number of rotatable bonds is 43. The molecule has 0 amide bonds. The predicted octanol–water partition coefficient (Wildman–Crippen LogP) is 16.4. The van der Waals surface area contributed by atoms with Gasteiger partial charge in [0.2, 0.25) is 0 Å². The van der Waals surface area contributed by atoms with Crippen molar-refractivity contribution in [1.29, 1.82) is 0 Å². The first-order chi connectivity index (χ1) is 29.6. The Morgan fingerprint density at radius 2 is 0.800 bits per heavy atom. The fourth-order valence-corrected chi connectivity index (χ4v) is 6.23. The van der Waals surface area contributed by atoms with Gasteiger partial charge in [-0.15, -0.1) is 0 Å². The average molecular weight is 831 g/mol. The molecule has 0 aliphatic carbocycles. The predicted molar refractivity (Wildman–Crippen MR) is 260 cm³/mol. The Morgan fingerprint density at radius 1 is 0.400 bits per heavy atom. The van der Waals surface area contributed by atoms with Crippen LogP contribution in [0, 0.1) is 0 Å². The minimum Gasteiger partial charge on any atom is -0.462 e. The van der Waals surface area contributed by atoms with Crippen LogP contribution in [0.4, 0.5) is 0 Å². The van der Waals surface area contributed by atoms with Crippen LogP contribution >= 0.6 is 0 Å². The fourth-order valence-electron chi connectivity index (χ4n) is 6.23. The van der Waals surface area contributed by atoms with E-state index in [1.54, 1.807) is 0 Å². The minimum absolute atomic E-state index is 0.0319. The second-order valence-corrected chi connectivity index (χ2v) is 15.6. The molecular formula is C55H90O5. The van der Waals surface area contributed by atoms with Gasteiger partial charge >= 0.3 is 11.9 Å². The molecule has 0 aliphatic heterocycles. The molecule has 0 aromatic heterocycles. The van der Waals surface area contributed by atoms with Crippen LogP contribution in [-0.4, -0.2) is 37.9 Å². The van der Waals surface area contributed by atoms with E-state index in [9.17, 15) is 9.59 Å². The molecule has 5 nitrogen and oxygen atoms in total. The lowest BCUT2D eigenvalue weighted by atomic mass is 10.1. The van der Waals surface area contributed by atoms with E-state index in [2.05, 4.69) is 118 Å². The zero-order chi connectivity index (χ0) is 43.5. The molecule has 0 aromatic carbocycles. The highest BCUT2D eigenvalue weighted by Crippen LogP contribution is 2.12. The normalized spacial score (nSPS) is 13.2. The number of ether oxygens (including phenoxy) is 3. The largest absolute Gasteiger partial charge is 0.462 e. The minimum atomic E-state index is -0.603. The molecule has 0 rings (SSSR count). The third-order valence-corrected chi connectivity index (χ3v) is 9.81. The van der Waals surface area contributed by atoms with Gasteiger partial charge in [0.05, 0.1) is 13.0 Å². The Labute approximate surface area is 370 Å². The van der Waals surface area contributed by atoms with Gasteiger partial charge in [-0.2, -0.15) is 0 Å². The van der Waals surface area contributed by atoms with Crippen LogP contribution in [0.15, 0.2) is 109 Å². The molecule has 0 heterocycles. The summed E-state index contributed by atoms with van der Waals surface area (Å²) in [4.78, 5) is 25.3. The van der Waals surface area contributed by atoms with E-state index in [4.69, 9.17) is 14.2 Å². The number of carbonyl (C=O) groups excluding carboxylic acids is 2. The first-order valence-corrected chi connectivity index (χ1v) is 24.4. The summed E-state index contributed by atoms with van der Waals surface area (Å²) in [7, 11) is 0. The Bertz CT molecular complexity index is 1210. The molecule has 340 valence electrons. The molecule has 0 aromatic rings. The van der Waals surface area contributed by atoms with Crippen LogP contribution in [0.1, 0.15) is 201 Å². The number of allylic oxidation sites excluding steroid dienone is 17. The summed E-state index contributed by atoms with van der Waals surface area (Å²) in [5.41, 5.74) is 0. The fraction of sp³-hybridized carbons (Fsp3) is 0.636. The molecule has 0 N–H and O–H groups in total. The molecule has 0 saturated carbocycles. The third-order valence-electron chi connectivity index (χ3n) is 9.81. The van der Waals surface area contributed by atoms with Crippen molar-refractivity contribution in [2.75, 3.05) is 19.8 Å². The highest BCUT2D eigenvalue weighted by atomic mass is 16.6. The Kier molecular flexibility index (Phi) is 47.1. The molecule has 0 bridgehead atoms. The van der Waals surface area contributed by atoms with Crippen molar-refractivity contribution in [1.82, 2.24) is 0 Å². The van der Waals surface area contributed by atoms with E-state index in [-0.39, 0.29) is 31.6 Å². The second kappa shape index (κ2) is 49.9. The number of esters is 2. The Balaban J connectivity index is 4.42. The van der Waals surface area contributed by atoms with Gasteiger partial charge in [-0.05, 0) is 96.3 Å². The second-order valence-electron chi connectivity index (χ2n) is 15.6. The summed E-state index contributed by atoms with van der Waals surface area (Å²) < 4.78 is 17.2. The molecular weight excluding hydrogens is 741 g/mol. The van der Waals surface area contributed by atoms with Gasteiger partial charge in [0.25, 0.3) is 0 Å². The van der Waals surface area contributed by atoms with Crippen molar-refractivity contribution in [3.8, 4) is 0 Å². The maximum atomic E-state index is 12.7. The van der Waals surface area contributed by atoms with Gasteiger partial charge in [0, 0.05) is 13.0 Å². The van der Waals surface area contributed by atoms with E-state index in [0.717, 1.165) is 89.9 Å². The number of carbonyl (C=O) groups is 2. The average Bonchev–Trinajstić information content (AvgIpc) is 3.25. The van der Waals surface area contributed by atoms with Crippen molar-refractivity contribution < 1.29 is 23.8 Å². The van der Waals surface area contributed by atoms with E-state index < -0.39 is 6.10 Å². The molecule has 1 unspecified atom stereocenters. The van der Waals surface area contributed by atoms with Gasteiger partial charge in [-0.25, -0.2) is 0 Å². The van der Waals surface area contributed by atoms with E-state index >= 15 is 0 Å². The molecule has 1 atom stereocenters. The molecule has 60 heavy (non-hydrogen) atoms. The molecule has 5 heteroatoms. The maximum Gasteiger partial charge on any atom is 0.310 e. The van der Waals surface area contributed by atoms with Crippen LogP contribution in [0.5, 0.6) is 0 Å². The highest BCUT2D eigenvalue weighted by molar-refractivity contribution is 5.71. The van der Waals surface area contributed by atoms with Crippen LogP contribution in [0.3, 0.4) is 0 Å². The van der Waals surface area contributed by atoms with Crippen LogP contribution in [-0.2, 0) is 23.8 Å². The smallest absolute Gasteiger partial charge is 0.310 e. The van der Waals surface area contributed by atoms with Crippen molar-refractivity contribution in [3.05, 3.63) is 109 Å². The van der Waals surface area contributed by atoms with Gasteiger partial charge < -0.3 is 14.2 Å². The number of hydrogen-bond donors (Lipinski definition) is 0. The molecule has 0 aliphatic rings. The van der Waals surface area contributed by atoms with E-state index in [1.165, 1.54) is 77.0 Å². The lowest BCUT2D eigenvalue weighted by Crippen LogP contribution is -2.29. The van der Waals surface area contributed by atoms with E-state index in [1.807, 2.05) is 12.2 Å². The standard InChI is InChI=1S/C55H90O5/c1-4-7-10-13-16-19-22-25-27-28-30-31-33-36-39-42-45-48-54(56)59-52-53(51-58-50-47-44-41-38-35-24-21-18-15-12-9-6-3)60-55(57)49-46-43-40-37-34-32-29-26-23-20-17-14-11-8-5-2/h7-8,10-11,15-20,25-27,29,34,37,43,46,53H,4-6,9,12-14,21-24,28,30-33,35-36,38-42,44-45,47-52H2,1-3H3/b10-7-,11-8-,18-15-,19-16-,20-17-,27-25-,29-26-,37-34-,46-43-. The van der Waals surface area contributed by atoms with Crippen molar-refractivity contribution in [2.24, 2.45) is 0 Å². The summed E-state index contributed by atoms with van der Waals surface area (Å²) in [5, 5.41) is 0. The lowest BCUT2D eigenvalue weighted by Gasteiger charge is -2.18. The topological polar surface area (TPSA) is 61.8 Å². The number of hydrogen-bond acceptors (Lipinski definition) is 5. The van der Waals surface area contributed by atoms with Crippen LogP contribution < -0.4 is 0 Å². The lowest BCUT2D eigenvalue weighted by molar-refractivity contribution is -0.162. The summed E-state index contributed by atoms with van der Waals surface area (Å²) in [6.45, 7) is 7.42. The summed E-state index contributed by atoms with van der Waals surface area (Å²) in [6, 6.07) is 0. The van der Waals surface area contributed by atoms with Crippen molar-refractivity contribution in [2.45, 2.75) is 207 Å². The maximum absolute atomic E-state index is 12.7. The zero-order valence-electron chi connectivity index (χ0n) is 38.9. The van der Waals surface area contributed by atoms with Gasteiger partial charge in [-0.3, -0.25) is 9.59 Å². The Morgan fingerprint density at radius 3 is 1.30 bits per heavy atom. The molecule has 0 saturated heterocycles. The zero-order valence-corrected chi connectivity index (χ0v) is 38.9. The van der Waals surface area contributed by atoms with Gasteiger partial charge in [0.15, 0.2) is 6.10 Å². The first-order valence-electron chi connectivity index (χ1n) is 24.4. The van der Waals surface area contributed by atoms with Crippen molar-refractivity contribution in [3.63, 3.8) is 0 Å². The molecule has 0 radical (unpaired) electrons. The Hall–Kier alpha value is -3.44. The first kappa shape index (κ1) is 56.6. The van der Waals surface area contributed by atoms with Gasteiger partial charge in [0.1, 0.15) is 6.61 Å². The number of unbranched alkanes of at least 4 members (excludes halogenated alkanes) is 15. The summed E-state index contributed by atoms with van der Waals surface area (Å²) in [6.07, 6.45) is 68.3. The summed E-state index contributed by atoms with van der Waals surface area (Å²) >= 11 is 0. The third kappa shape index (κ3) is 47.2.